The van der Waals surface area contributed by atoms with Crippen molar-refractivity contribution in [3.63, 3.8) is 0 Å². The molecule has 0 unspecified atom stereocenters. The Hall–Kier alpha value is -1.62. The number of amides is 1. The van der Waals surface area contributed by atoms with E-state index in [4.69, 9.17) is 0 Å². The first-order chi connectivity index (χ1) is 9.49. The number of anilines is 1. The Kier molecular flexibility index (Phi) is 4.60. The molecule has 1 atom stereocenters. The minimum Gasteiger partial charge on any atom is -0.389 e. The third-order valence-corrected chi connectivity index (χ3v) is 3.69. The molecule has 1 aliphatic heterocycles. The summed E-state index contributed by atoms with van der Waals surface area (Å²) in [6, 6.07) is 5.06. The van der Waals surface area contributed by atoms with Gasteiger partial charge in [-0.2, -0.15) is 0 Å². The van der Waals surface area contributed by atoms with Crippen LogP contribution in [0.1, 0.15) is 38.4 Å². The summed E-state index contributed by atoms with van der Waals surface area (Å²) in [5, 5.41) is 12.7. The predicted octanol–water partition coefficient (Wildman–Crippen LogP) is 1.98. The number of hydrogen-bond donors (Lipinski definition) is 2. The van der Waals surface area contributed by atoms with Gasteiger partial charge in [0.25, 0.3) is 0 Å². The number of aliphatic hydroxyl groups excluding tert-OH is 1. The van der Waals surface area contributed by atoms with Crippen molar-refractivity contribution in [2.45, 2.75) is 38.8 Å². The maximum atomic E-state index is 13.9. The highest BCUT2D eigenvalue weighted by molar-refractivity contribution is 5.73. The molecule has 110 valence electrons. The molecule has 0 bridgehead atoms. The van der Waals surface area contributed by atoms with E-state index in [0.717, 1.165) is 31.6 Å². The molecule has 0 radical (unpaired) electrons. The van der Waals surface area contributed by atoms with Crippen LogP contribution in [0.2, 0.25) is 0 Å². The highest BCUT2D eigenvalue weighted by Crippen LogP contribution is 2.30. The van der Waals surface area contributed by atoms with Gasteiger partial charge in [-0.1, -0.05) is 6.07 Å². The fourth-order valence-corrected chi connectivity index (χ4v) is 2.77. The molecule has 2 rings (SSSR count). The lowest BCUT2D eigenvalue weighted by atomic mass is 10.0. The van der Waals surface area contributed by atoms with Crippen molar-refractivity contribution in [2.24, 2.45) is 0 Å². The first kappa shape index (κ1) is 14.8. The van der Waals surface area contributed by atoms with Gasteiger partial charge in [0.15, 0.2) is 0 Å². The molecule has 4 nitrogen and oxygen atoms in total. The van der Waals surface area contributed by atoms with Gasteiger partial charge in [0.05, 0.1) is 6.10 Å². The lowest BCUT2D eigenvalue weighted by Crippen LogP contribution is -2.44. The molecule has 0 aliphatic carbocycles. The summed E-state index contributed by atoms with van der Waals surface area (Å²) in [6.07, 6.45) is 0.823. The van der Waals surface area contributed by atoms with Crippen molar-refractivity contribution >= 4 is 11.6 Å². The van der Waals surface area contributed by atoms with Crippen molar-refractivity contribution in [3.8, 4) is 0 Å². The molecule has 20 heavy (non-hydrogen) atoms. The van der Waals surface area contributed by atoms with E-state index in [1.54, 1.807) is 13.0 Å². The fourth-order valence-electron chi connectivity index (χ4n) is 2.77. The highest BCUT2D eigenvalue weighted by atomic mass is 19.1. The number of nitrogens with zero attached hydrogens (tertiary/aromatic N) is 1. The number of rotatable bonds is 3. The highest BCUT2D eigenvalue weighted by Gasteiger charge is 2.23. The number of carbonyl (C=O) groups excluding carboxylic acids is 1. The molecular formula is C15H21FN2O2. The fraction of sp³-hybridized carbons (Fsp3) is 0.533. The van der Waals surface area contributed by atoms with Crippen molar-refractivity contribution in [1.82, 2.24) is 5.32 Å². The normalized spacial score (nSPS) is 17.9. The molecule has 1 aromatic rings. The summed E-state index contributed by atoms with van der Waals surface area (Å²) in [4.78, 5) is 13.1. The molecule has 0 spiro atoms. The van der Waals surface area contributed by atoms with Crippen LogP contribution in [0.4, 0.5) is 10.1 Å². The third-order valence-electron chi connectivity index (χ3n) is 3.69. The van der Waals surface area contributed by atoms with Gasteiger partial charge < -0.3 is 15.3 Å². The molecule has 1 aromatic carbocycles. The van der Waals surface area contributed by atoms with Crippen LogP contribution >= 0.6 is 0 Å². The second kappa shape index (κ2) is 6.22. The Bertz CT molecular complexity index is 483. The largest absolute Gasteiger partial charge is 0.389 e. The van der Waals surface area contributed by atoms with E-state index in [1.165, 1.54) is 13.0 Å². The van der Waals surface area contributed by atoms with Crippen LogP contribution in [0.5, 0.6) is 0 Å². The van der Waals surface area contributed by atoms with Crippen molar-refractivity contribution in [2.75, 3.05) is 18.0 Å². The van der Waals surface area contributed by atoms with Gasteiger partial charge in [0.1, 0.15) is 5.82 Å². The number of nitrogens with one attached hydrogen (secondary N) is 1. The molecule has 2 N–H and O–H groups in total. The van der Waals surface area contributed by atoms with Gasteiger partial charge in [-0.3, -0.25) is 4.79 Å². The van der Waals surface area contributed by atoms with Crippen molar-refractivity contribution in [3.05, 3.63) is 29.6 Å². The standard InChI is InChI=1S/C15H21FN2O2/c1-10(19)15-13(16)4-3-5-14(15)18-8-6-12(7-9-18)17-11(2)20/h3-5,10,12,19H,6-9H2,1-2H3,(H,17,20)/t10-/m0/s1. The van der Waals surface area contributed by atoms with Gasteiger partial charge in [0.2, 0.25) is 5.91 Å². The minimum absolute atomic E-state index is 0.0149. The third kappa shape index (κ3) is 3.28. The van der Waals surface area contributed by atoms with E-state index < -0.39 is 6.10 Å². The van der Waals surface area contributed by atoms with E-state index >= 15 is 0 Å². The predicted molar refractivity (Wildman–Crippen MR) is 76.1 cm³/mol. The van der Waals surface area contributed by atoms with Crippen molar-refractivity contribution < 1.29 is 14.3 Å². The van der Waals surface area contributed by atoms with Crippen LogP contribution in [-0.4, -0.2) is 30.1 Å². The van der Waals surface area contributed by atoms with Crippen molar-refractivity contribution in [1.29, 1.82) is 0 Å². The zero-order valence-corrected chi connectivity index (χ0v) is 11.9. The summed E-state index contributed by atoms with van der Waals surface area (Å²) >= 11 is 0. The molecule has 1 fully saturated rings. The number of aliphatic hydroxyl groups is 1. The van der Waals surface area contributed by atoms with Gasteiger partial charge in [-0.25, -0.2) is 4.39 Å². The van der Waals surface area contributed by atoms with Gasteiger partial charge in [-0.15, -0.1) is 0 Å². The van der Waals surface area contributed by atoms with Crippen LogP contribution in [0.3, 0.4) is 0 Å². The number of piperidine rings is 1. The van der Waals surface area contributed by atoms with Crippen LogP contribution in [0.25, 0.3) is 0 Å². The monoisotopic (exact) mass is 280 g/mol. The average molecular weight is 280 g/mol. The molecule has 1 amide bonds. The second-order valence-corrected chi connectivity index (χ2v) is 5.31. The Balaban J connectivity index is 2.11. The van der Waals surface area contributed by atoms with Crippen LogP contribution in [-0.2, 0) is 4.79 Å². The maximum Gasteiger partial charge on any atom is 0.217 e. The van der Waals surface area contributed by atoms with Gasteiger partial charge in [0, 0.05) is 37.3 Å². The minimum atomic E-state index is -0.834. The maximum absolute atomic E-state index is 13.9. The number of benzene rings is 1. The molecule has 1 heterocycles. The zero-order chi connectivity index (χ0) is 14.7. The van der Waals surface area contributed by atoms with E-state index in [-0.39, 0.29) is 17.8 Å². The smallest absolute Gasteiger partial charge is 0.217 e. The molecule has 0 aromatic heterocycles. The van der Waals surface area contributed by atoms with Gasteiger partial charge >= 0.3 is 0 Å². The van der Waals surface area contributed by atoms with E-state index in [1.807, 2.05) is 6.07 Å². The number of hydrogen-bond acceptors (Lipinski definition) is 3. The number of carbonyl (C=O) groups is 1. The SMILES string of the molecule is CC(=O)NC1CCN(c2cccc(F)c2[C@H](C)O)CC1. The van der Waals surface area contributed by atoms with E-state index in [9.17, 15) is 14.3 Å². The van der Waals surface area contributed by atoms with Crippen LogP contribution < -0.4 is 10.2 Å². The Labute approximate surface area is 118 Å². The van der Waals surface area contributed by atoms with E-state index in [0.29, 0.717) is 5.56 Å². The molecule has 1 aliphatic rings. The van der Waals surface area contributed by atoms with Gasteiger partial charge in [-0.05, 0) is 31.9 Å². The van der Waals surface area contributed by atoms with Crippen LogP contribution in [0, 0.1) is 5.82 Å². The topological polar surface area (TPSA) is 52.6 Å². The molecule has 5 heteroatoms. The average Bonchev–Trinajstić information content (AvgIpc) is 2.38. The second-order valence-electron chi connectivity index (χ2n) is 5.31. The van der Waals surface area contributed by atoms with E-state index in [2.05, 4.69) is 10.2 Å². The summed E-state index contributed by atoms with van der Waals surface area (Å²) < 4.78 is 13.9. The summed E-state index contributed by atoms with van der Waals surface area (Å²) in [5.74, 6) is -0.389. The summed E-state index contributed by atoms with van der Waals surface area (Å²) in [6.45, 7) is 4.58. The first-order valence-electron chi connectivity index (χ1n) is 6.97. The molecule has 0 saturated carbocycles. The first-order valence-corrected chi connectivity index (χ1v) is 6.97. The molecular weight excluding hydrogens is 259 g/mol. The Morgan fingerprint density at radius 3 is 2.65 bits per heavy atom. The van der Waals surface area contributed by atoms with Crippen LogP contribution in [0.15, 0.2) is 18.2 Å². The summed E-state index contributed by atoms with van der Waals surface area (Å²) in [5.41, 5.74) is 1.10. The lowest BCUT2D eigenvalue weighted by Gasteiger charge is -2.35. The summed E-state index contributed by atoms with van der Waals surface area (Å²) in [7, 11) is 0. The Morgan fingerprint density at radius 1 is 1.45 bits per heavy atom. The lowest BCUT2D eigenvalue weighted by molar-refractivity contribution is -0.119. The zero-order valence-electron chi connectivity index (χ0n) is 11.9. The Morgan fingerprint density at radius 2 is 2.10 bits per heavy atom. The molecule has 1 saturated heterocycles. The number of halogens is 1. The quantitative estimate of drug-likeness (QED) is 0.890.